The second kappa shape index (κ2) is 4.15. The lowest BCUT2D eigenvalue weighted by molar-refractivity contribution is 0.111. The van der Waals surface area contributed by atoms with E-state index in [1.165, 1.54) is 11.1 Å². The molecule has 0 radical (unpaired) electrons. The average molecular weight is 224 g/mol. The maximum absolute atomic E-state index is 6.34. The van der Waals surface area contributed by atoms with E-state index in [-0.39, 0.29) is 4.87 Å². The number of halogens is 1. The van der Waals surface area contributed by atoms with Gasteiger partial charge in [-0.3, -0.25) is 4.90 Å². The summed E-state index contributed by atoms with van der Waals surface area (Å²) < 4.78 is 0. The summed E-state index contributed by atoms with van der Waals surface area (Å²) >= 11 is 6.34. The first-order valence-electron chi connectivity index (χ1n) is 5.58. The van der Waals surface area contributed by atoms with Gasteiger partial charge in [0.05, 0.1) is 4.87 Å². The lowest BCUT2D eigenvalue weighted by Gasteiger charge is -2.45. The third-order valence-electron chi connectivity index (χ3n) is 3.17. The van der Waals surface area contributed by atoms with Crippen LogP contribution >= 0.6 is 11.6 Å². The Morgan fingerprint density at radius 3 is 2.40 bits per heavy atom. The second-order valence-electron chi connectivity index (χ2n) is 4.64. The van der Waals surface area contributed by atoms with Gasteiger partial charge >= 0.3 is 0 Å². The van der Waals surface area contributed by atoms with Crippen molar-refractivity contribution < 1.29 is 0 Å². The van der Waals surface area contributed by atoms with Crippen LogP contribution in [0.5, 0.6) is 0 Å². The molecule has 0 spiro atoms. The van der Waals surface area contributed by atoms with Gasteiger partial charge in [-0.2, -0.15) is 0 Å². The highest BCUT2D eigenvalue weighted by atomic mass is 35.5. The van der Waals surface area contributed by atoms with Crippen molar-refractivity contribution in [1.29, 1.82) is 0 Å². The summed E-state index contributed by atoms with van der Waals surface area (Å²) in [6.07, 6.45) is 1.07. The standard InChI is InChI=1S/C13H18ClN/c1-3-13(14)9-15(10-13)8-12-6-4-11(2)5-7-12/h4-7H,3,8-10H2,1-2H3. The van der Waals surface area contributed by atoms with Gasteiger partial charge in [-0.15, -0.1) is 11.6 Å². The topological polar surface area (TPSA) is 3.24 Å². The van der Waals surface area contributed by atoms with Crippen molar-refractivity contribution in [2.24, 2.45) is 0 Å². The molecule has 1 fully saturated rings. The van der Waals surface area contributed by atoms with Crippen molar-refractivity contribution in [2.45, 2.75) is 31.7 Å². The van der Waals surface area contributed by atoms with Crippen LogP contribution in [0.25, 0.3) is 0 Å². The fraction of sp³-hybridized carbons (Fsp3) is 0.538. The average Bonchev–Trinajstić information content (AvgIpc) is 2.19. The molecule has 15 heavy (non-hydrogen) atoms. The van der Waals surface area contributed by atoms with Crippen LogP contribution in [0, 0.1) is 6.92 Å². The molecular weight excluding hydrogens is 206 g/mol. The lowest BCUT2D eigenvalue weighted by atomic mass is 9.95. The van der Waals surface area contributed by atoms with Crippen molar-refractivity contribution in [1.82, 2.24) is 4.90 Å². The largest absolute Gasteiger partial charge is 0.295 e. The van der Waals surface area contributed by atoms with E-state index in [0.717, 1.165) is 26.1 Å². The highest BCUT2D eigenvalue weighted by Crippen LogP contribution is 2.32. The molecule has 0 saturated carbocycles. The Morgan fingerprint density at radius 2 is 1.87 bits per heavy atom. The molecule has 1 heterocycles. The van der Waals surface area contributed by atoms with E-state index in [9.17, 15) is 0 Å². The molecule has 1 aromatic rings. The summed E-state index contributed by atoms with van der Waals surface area (Å²) in [7, 11) is 0. The Balaban J connectivity index is 1.87. The second-order valence-corrected chi connectivity index (χ2v) is 5.44. The van der Waals surface area contributed by atoms with Crippen molar-refractivity contribution in [3.63, 3.8) is 0 Å². The maximum Gasteiger partial charge on any atom is 0.0697 e. The van der Waals surface area contributed by atoms with Crippen molar-refractivity contribution in [3.8, 4) is 0 Å². The molecule has 0 unspecified atom stereocenters. The summed E-state index contributed by atoms with van der Waals surface area (Å²) in [5.74, 6) is 0. The number of aryl methyl sites for hydroxylation is 1. The van der Waals surface area contributed by atoms with Gasteiger partial charge in [0.1, 0.15) is 0 Å². The highest BCUT2D eigenvalue weighted by molar-refractivity contribution is 6.24. The first-order chi connectivity index (χ1) is 7.11. The van der Waals surface area contributed by atoms with Gasteiger partial charge in [-0.05, 0) is 18.9 Å². The zero-order chi connectivity index (χ0) is 10.9. The van der Waals surface area contributed by atoms with Crippen molar-refractivity contribution >= 4 is 11.6 Å². The van der Waals surface area contributed by atoms with Crippen LogP contribution in [0.3, 0.4) is 0 Å². The summed E-state index contributed by atoms with van der Waals surface area (Å²) in [5, 5.41) is 0. The van der Waals surface area contributed by atoms with Gasteiger partial charge in [0.15, 0.2) is 0 Å². The van der Waals surface area contributed by atoms with Crippen LogP contribution in [0.15, 0.2) is 24.3 Å². The number of hydrogen-bond donors (Lipinski definition) is 0. The molecule has 1 nitrogen and oxygen atoms in total. The normalized spacial score (nSPS) is 19.9. The molecule has 0 aliphatic carbocycles. The Bertz CT molecular complexity index is 325. The third-order valence-corrected chi connectivity index (χ3v) is 3.68. The molecule has 2 rings (SSSR count). The van der Waals surface area contributed by atoms with Gasteiger partial charge in [0.2, 0.25) is 0 Å². The number of rotatable bonds is 3. The van der Waals surface area contributed by atoms with Crippen LogP contribution < -0.4 is 0 Å². The van der Waals surface area contributed by atoms with Crippen LogP contribution in [-0.2, 0) is 6.54 Å². The Labute approximate surface area is 97.0 Å². The van der Waals surface area contributed by atoms with E-state index in [2.05, 4.69) is 43.0 Å². The summed E-state index contributed by atoms with van der Waals surface area (Å²) in [6, 6.07) is 8.75. The van der Waals surface area contributed by atoms with Crippen LogP contribution in [-0.4, -0.2) is 22.9 Å². The zero-order valence-electron chi connectivity index (χ0n) is 9.46. The molecule has 1 saturated heterocycles. The first kappa shape index (κ1) is 11.0. The van der Waals surface area contributed by atoms with E-state index in [0.29, 0.717) is 0 Å². The van der Waals surface area contributed by atoms with E-state index in [1.807, 2.05) is 0 Å². The number of alkyl halides is 1. The molecule has 82 valence electrons. The smallest absolute Gasteiger partial charge is 0.0697 e. The molecule has 0 amide bonds. The Kier molecular flexibility index (Phi) is 3.03. The minimum atomic E-state index is 0.0602. The number of hydrogen-bond acceptors (Lipinski definition) is 1. The molecule has 1 aliphatic rings. The minimum absolute atomic E-state index is 0.0602. The van der Waals surface area contributed by atoms with E-state index in [4.69, 9.17) is 11.6 Å². The molecule has 0 atom stereocenters. The van der Waals surface area contributed by atoms with E-state index >= 15 is 0 Å². The zero-order valence-corrected chi connectivity index (χ0v) is 10.2. The summed E-state index contributed by atoms with van der Waals surface area (Å²) in [5.41, 5.74) is 2.71. The van der Waals surface area contributed by atoms with Crippen LogP contribution in [0.4, 0.5) is 0 Å². The maximum atomic E-state index is 6.34. The Morgan fingerprint density at radius 1 is 1.27 bits per heavy atom. The minimum Gasteiger partial charge on any atom is -0.295 e. The first-order valence-corrected chi connectivity index (χ1v) is 5.96. The molecule has 1 aliphatic heterocycles. The molecule has 0 N–H and O–H groups in total. The molecule has 2 heteroatoms. The molecule has 1 aromatic carbocycles. The van der Waals surface area contributed by atoms with Gasteiger partial charge in [-0.25, -0.2) is 0 Å². The molecular formula is C13H18ClN. The predicted octanol–water partition coefficient (Wildman–Crippen LogP) is 3.20. The number of likely N-dealkylation sites (tertiary alicyclic amines) is 1. The molecule has 0 bridgehead atoms. The van der Waals surface area contributed by atoms with E-state index < -0.39 is 0 Å². The van der Waals surface area contributed by atoms with Crippen LogP contribution in [0.2, 0.25) is 0 Å². The van der Waals surface area contributed by atoms with Gasteiger partial charge < -0.3 is 0 Å². The fourth-order valence-corrected chi connectivity index (χ4v) is 2.38. The van der Waals surface area contributed by atoms with Gasteiger partial charge in [-0.1, -0.05) is 36.8 Å². The van der Waals surface area contributed by atoms with Crippen molar-refractivity contribution in [3.05, 3.63) is 35.4 Å². The van der Waals surface area contributed by atoms with E-state index in [1.54, 1.807) is 0 Å². The van der Waals surface area contributed by atoms with Crippen molar-refractivity contribution in [2.75, 3.05) is 13.1 Å². The van der Waals surface area contributed by atoms with Gasteiger partial charge in [0, 0.05) is 19.6 Å². The number of nitrogens with zero attached hydrogens (tertiary/aromatic N) is 1. The summed E-state index contributed by atoms with van der Waals surface area (Å²) in [6.45, 7) is 7.37. The Hall–Kier alpha value is -0.530. The SMILES string of the molecule is CCC1(Cl)CN(Cc2ccc(C)cc2)C1. The third kappa shape index (κ3) is 2.53. The quantitative estimate of drug-likeness (QED) is 0.712. The summed E-state index contributed by atoms with van der Waals surface area (Å²) in [4.78, 5) is 2.46. The molecule has 0 aromatic heterocycles. The van der Waals surface area contributed by atoms with Gasteiger partial charge in [0.25, 0.3) is 0 Å². The lowest BCUT2D eigenvalue weighted by Crippen LogP contribution is -2.57. The fourth-order valence-electron chi connectivity index (χ4n) is 2.04. The highest BCUT2D eigenvalue weighted by Gasteiger charge is 2.39. The number of benzene rings is 1. The monoisotopic (exact) mass is 223 g/mol. The predicted molar refractivity (Wildman–Crippen MR) is 65.3 cm³/mol. The van der Waals surface area contributed by atoms with Crippen LogP contribution in [0.1, 0.15) is 24.5 Å².